The van der Waals surface area contributed by atoms with E-state index in [4.69, 9.17) is 0 Å². The molecule has 0 unspecified atom stereocenters. The zero-order valence-corrected chi connectivity index (χ0v) is 10.1. The molecule has 0 radical (unpaired) electrons. The van der Waals surface area contributed by atoms with E-state index in [1.807, 2.05) is 5.32 Å². The van der Waals surface area contributed by atoms with E-state index in [9.17, 15) is 9.59 Å². The molecule has 1 aromatic heterocycles. The van der Waals surface area contributed by atoms with Crippen LogP contribution in [0.4, 0.5) is 4.79 Å². The van der Waals surface area contributed by atoms with Gasteiger partial charge < -0.3 is 9.30 Å². The van der Waals surface area contributed by atoms with E-state index >= 15 is 0 Å². The summed E-state index contributed by atoms with van der Waals surface area (Å²) in [6.07, 6.45) is 2.47. The Labute approximate surface area is 102 Å². The molecule has 0 saturated carbocycles. The quantitative estimate of drug-likeness (QED) is 0.607. The van der Waals surface area contributed by atoms with E-state index in [1.165, 1.54) is 18.9 Å². The van der Waals surface area contributed by atoms with Crippen LogP contribution in [0.1, 0.15) is 0 Å². The van der Waals surface area contributed by atoms with E-state index in [0.29, 0.717) is 11.7 Å². The summed E-state index contributed by atoms with van der Waals surface area (Å²) in [6.45, 7) is 4.16. The second-order valence-corrected chi connectivity index (χ2v) is 3.83. The summed E-state index contributed by atoms with van der Waals surface area (Å²) in [4.78, 5) is 22.0. The highest BCUT2D eigenvalue weighted by atomic mass is 32.2. The van der Waals surface area contributed by atoms with Gasteiger partial charge in [0, 0.05) is 6.54 Å². The van der Waals surface area contributed by atoms with Crippen molar-refractivity contribution in [2.75, 3.05) is 12.9 Å². The molecule has 1 rings (SSSR count). The number of aromatic nitrogens is 3. The van der Waals surface area contributed by atoms with Crippen LogP contribution in [0.15, 0.2) is 24.1 Å². The van der Waals surface area contributed by atoms with Gasteiger partial charge in [-0.2, -0.15) is 0 Å². The maximum Gasteiger partial charge on any atom is 0.413 e. The molecular formula is C9H12N4O3S. The highest BCUT2D eigenvalue weighted by Crippen LogP contribution is 2.13. The summed E-state index contributed by atoms with van der Waals surface area (Å²) in [6, 6.07) is 0. The number of allylic oxidation sites excluding steroid dienone is 1. The molecule has 8 heteroatoms. The molecule has 0 aliphatic rings. The number of alkyl carbamates (subject to hydrolysis) is 1. The Balaban J connectivity index is 2.44. The Morgan fingerprint density at radius 1 is 1.71 bits per heavy atom. The topological polar surface area (TPSA) is 86.1 Å². The lowest BCUT2D eigenvalue weighted by molar-refractivity contribution is -0.117. The summed E-state index contributed by atoms with van der Waals surface area (Å²) in [7, 11) is 1.19. The standard InChI is InChI=1S/C9H12N4O3S/c1-3-4-13-6-10-12-8(13)17-5-7(14)11-9(15)16-2/h3,6H,1,4-5H2,2H3,(H,11,14,15). The lowest BCUT2D eigenvalue weighted by atomic mass is 10.6. The molecule has 0 fully saturated rings. The molecule has 0 aromatic carbocycles. The Morgan fingerprint density at radius 2 is 2.47 bits per heavy atom. The van der Waals surface area contributed by atoms with Gasteiger partial charge in [-0.3, -0.25) is 10.1 Å². The SMILES string of the molecule is C=CCn1cnnc1SCC(=O)NC(=O)OC. The Bertz CT molecular complexity index is 418. The van der Waals surface area contributed by atoms with Crippen molar-refractivity contribution in [2.24, 2.45) is 0 Å². The number of hydrogen-bond donors (Lipinski definition) is 1. The lowest BCUT2D eigenvalue weighted by Crippen LogP contribution is -2.31. The first kappa shape index (κ1) is 13.2. The van der Waals surface area contributed by atoms with Gasteiger partial charge in [0.1, 0.15) is 6.33 Å². The monoisotopic (exact) mass is 256 g/mol. The average Bonchev–Trinajstić information content (AvgIpc) is 2.74. The number of amides is 2. The lowest BCUT2D eigenvalue weighted by Gasteiger charge is -2.03. The van der Waals surface area contributed by atoms with Gasteiger partial charge in [0.2, 0.25) is 5.91 Å². The molecule has 7 nitrogen and oxygen atoms in total. The van der Waals surface area contributed by atoms with Crippen molar-refractivity contribution in [3.05, 3.63) is 19.0 Å². The molecule has 0 saturated heterocycles. The van der Waals surface area contributed by atoms with E-state index in [-0.39, 0.29) is 5.75 Å². The zero-order chi connectivity index (χ0) is 12.7. The van der Waals surface area contributed by atoms with Crippen LogP contribution in [-0.4, -0.2) is 39.6 Å². The van der Waals surface area contributed by atoms with Crippen LogP contribution in [0.5, 0.6) is 0 Å². The number of carbonyl (C=O) groups is 2. The van der Waals surface area contributed by atoms with E-state index in [2.05, 4.69) is 21.5 Å². The molecule has 1 aromatic rings. The molecular weight excluding hydrogens is 244 g/mol. The average molecular weight is 256 g/mol. The summed E-state index contributed by atoms with van der Waals surface area (Å²) in [5.74, 6) is -0.389. The van der Waals surface area contributed by atoms with E-state index < -0.39 is 12.0 Å². The Morgan fingerprint density at radius 3 is 3.12 bits per heavy atom. The number of nitrogens with zero attached hydrogens (tertiary/aromatic N) is 3. The molecule has 1 heterocycles. The fourth-order valence-electron chi connectivity index (χ4n) is 0.952. The van der Waals surface area contributed by atoms with Crippen molar-refractivity contribution < 1.29 is 14.3 Å². The number of nitrogens with one attached hydrogen (secondary N) is 1. The maximum atomic E-state index is 11.3. The van der Waals surface area contributed by atoms with Crippen LogP contribution in [0.25, 0.3) is 0 Å². The second kappa shape index (κ2) is 6.69. The first-order valence-electron chi connectivity index (χ1n) is 4.66. The predicted octanol–water partition coefficient (Wildman–Crippen LogP) is 0.439. The third-order valence-electron chi connectivity index (χ3n) is 1.67. The molecule has 2 amide bonds. The van der Waals surface area contributed by atoms with Crippen LogP contribution >= 0.6 is 11.8 Å². The van der Waals surface area contributed by atoms with E-state index in [0.717, 1.165) is 0 Å². The van der Waals surface area contributed by atoms with Gasteiger partial charge in [0.05, 0.1) is 12.9 Å². The van der Waals surface area contributed by atoms with Gasteiger partial charge in [0.25, 0.3) is 0 Å². The number of hydrogen-bond acceptors (Lipinski definition) is 6. The second-order valence-electron chi connectivity index (χ2n) is 2.88. The number of thioether (sulfide) groups is 1. The zero-order valence-electron chi connectivity index (χ0n) is 9.25. The van der Waals surface area contributed by atoms with Crippen LogP contribution < -0.4 is 5.32 Å². The summed E-state index contributed by atoms with van der Waals surface area (Å²) >= 11 is 1.18. The molecule has 92 valence electrons. The molecule has 0 aliphatic heterocycles. The third kappa shape index (κ3) is 4.27. The molecule has 0 bridgehead atoms. The molecule has 0 atom stereocenters. The largest absolute Gasteiger partial charge is 0.453 e. The summed E-state index contributed by atoms with van der Waals surface area (Å²) in [5.41, 5.74) is 0. The number of ether oxygens (including phenoxy) is 1. The Hall–Kier alpha value is -1.83. The molecule has 0 spiro atoms. The van der Waals surface area contributed by atoms with Gasteiger partial charge in [0.15, 0.2) is 5.16 Å². The minimum absolute atomic E-state index is 0.0605. The molecule has 0 aliphatic carbocycles. The van der Waals surface area contributed by atoms with Crippen molar-refractivity contribution in [1.82, 2.24) is 20.1 Å². The fourth-order valence-corrected chi connectivity index (χ4v) is 1.68. The smallest absolute Gasteiger partial charge is 0.413 e. The van der Waals surface area contributed by atoms with Crippen molar-refractivity contribution in [3.8, 4) is 0 Å². The Kier molecular flexibility index (Phi) is 5.21. The minimum Gasteiger partial charge on any atom is -0.453 e. The van der Waals surface area contributed by atoms with Gasteiger partial charge in [-0.15, -0.1) is 16.8 Å². The van der Waals surface area contributed by atoms with Crippen LogP contribution in [-0.2, 0) is 16.1 Å². The van der Waals surface area contributed by atoms with Crippen molar-refractivity contribution in [3.63, 3.8) is 0 Å². The highest BCUT2D eigenvalue weighted by Gasteiger charge is 2.10. The van der Waals surface area contributed by atoms with E-state index in [1.54, 1.807) is 17.0 Å². The van der Waals surface area contributed by atoms with Gasteiger partial charge in [-0.25, -0.2) is 4.79 Å². The molecule has 1 N–H and O–H groups in total. The minimum atomic E-state index is -0.775. The summed E-state index contributed by atoms with van der Waals surface area (Å²) in [5, 5.41) is 10.2. The van der Waals surface area contributed by atoms with Gasteiger partial charge >= 0.3 is 6.09 Å². The predicted molar refractivity (Wildman–Crippen MR) is 61.5 cm³/mol. The number of methoxy groups -OCH3 is 1. The van der Waals surface area contributed by atoms with Crippen molar-refractivity contribution in [2.45, 2.75) is 11.7 Å². The third-order valence-corrected chi connectivity index (χ3v) is 2.65. The van der Waals surface area contributed by atoms with Crippen LogP contribution in [0.3, 0.4) is 0 Å². The maximum absolute atomic E-state index is 11.3. The van der Waals surface area contributed by atoms with Crippen LogP contribution in [0.2, 0.25) is 0 Å². The van der Waals surface area contributed by atoms with Crippen LogP contribution in [0, 0.1) is 0 Å². The summed E-state index contributed by atoms with van der Waals surface area (Å²) < 4.78 is 6.03. The van der Waals surface area contributed by atoms with Gasteiger partial charge in [-0.05, 0) is 0 Å². The molecule has 17 heavy (non-hydrogen) atoms. The number of imide groups is 1. The normalized spacial score (nSPS) is 9.71. The highest BCUT2D eigenvalue weighted by molar-refractivity contribution is 7.99. The first-order valence-corrected chi connectivity index (χ1v) is 5.65. The van der Waals surface area contributed by atoms with Crippen molar-refractivity contribution in [1.29, 1.82) is 0 Å². The first-order chi connectivity index (χ1) is 8.17. The van der Waals surface area contributed by atoms with Gasteiger partial charge in [-0.1, -0.05) is 17.8 Å². The van der Waals surface area contributed by atoms with Crippen molar-refractivity contribution >= 4 is 23.8 Å². The number of carbonyl (C=O) groups excluding carboxylic acids is 2. The fraction of sp³-hybridized carbons (Fsp3) is 0.333. The number of rotatable bonds is 5.